The third-order valence-electron chi connectivity index (χ3n) is 20.4. The molecule has 0 aliphatic rings. The summed E-state index contributed by atoms with van der Waals surface area (Å²) in [6.45, 7) is 42.2. The van der Waals surface area contributed by atoms with Gasteiger partial charge in [-0.05, 0) is 311 Å². The first-order valence-corrected chi connectivity index (χ1v) is 38.9. The number of hydrogen-bond donors (Lipinski definition) is 0. The Morgan fingerprint density at radius 3 is 1.05 bits per heavy atom. The van der Waals surface area contributed by atoms with Crippen molar-refractivity contribution < 1.29 is 44.3 Å². The van der Waals surface area contributed by atoms with Crippen molar-refractivity contribution in [2.75, 3.05) is 0 Å². The third-order valence-corrected chi connectivity index (χ3v) is 22.1. The van der Waals surface area contributed by atoms with Crippen molar-refractivity contribution in [3.8, 4) is 22.6 Å². The molecule has 0 aliphatic heterocycles. The first-order chi connectivity index (χ1) is 52.6. The fourth-order valence-corrected chi connectivity index (χ4v) is 13.3. The van der Waals surface area contributed by atoms with Gasteiger partial charge in [-0.1, -0.05) is 245 Å². The Kier molecular flexibility index (Phi) is 30.6. The summed E-state index contributed by atoms with van der Waals surface area (Å²) < 4.78 is 114. The number of halogens is 6. The summed E-state index contributed by atoms with van der Waals surface area (Å²) in [5.41, 5.74) is 22.6. The molecule has 13 aromatic carbocycles. The number of hydrogen-bond acceptors (Lipinski definition) is 4. The van der Waals surface area contributed by atoms with Crippen LogP contribution in [0.15, 0.2) is 271 Å². The van der Waals surface area contributed by atoms with E-state index in [1.54, 1.807) is 38.1 Å². The van der Waals surface area contributed by atoms with Gasteiger partial charge in [0, 0.05) is 11.1 Å². The number of carbonyl (C=O) groups excluding carboxylic acids is 1. The average molecular weight is 1530 g/mol. The van der Waals surface area contributed by atoms with Crippen molar-refractivity contribution in [2.24, 2.45) is 0 Å². The normalized spacial score (nSPS) is 11.1. The second kappa shape index (κ2) is 38.9. The lowest BCUT2D eigenvalue weighted by atomic mass is 9.72. The monoisotopic (exact) mass is 1530 g/mol. The van der Waals surface area contributed by atoms with Gasteiger partial charge in [-0.15, -0.1) is 0 Å². The molecule has 0 amide bonds. The van der Waals surface area contributed by atoms with Gasteiger partial charge < -0.3 is 4.74 Å². The minimum absolute atomic E-state index is 0.0908. The maximum Gasteiger partial charge on any atom is 0.411 e. The van der Waals surface area contributed by atoms with Gasteiger partial charge in [-0.2, -0.15) is 26.3 Å². The molecule has 0 aliphatic carbocycles. The number of alkyl halides is 6. The summed E-state index contributed by atoms with van der Waals surface area (Å²) in [6, 6.07) is 80.3. The third kappa shape index (κ3) is 23.8. The second-order valence-corrected chi connectivity index (χ2v) is 31.6. The number of ketones is 1. The van der Waals surface area contributed by atoms with Crippen molar-refractivity contribution in [3.05, 3.63) is 400 Å². The van der Waals surface area contributed by atoms with Crippen LogP contribution in [0.3, 0.4) is 0 Å². The topological polar surface area (TPSA) is 60.4 Å². The smallest absolute Gasteiger partial charge is 0.411 e. The molecule has 4 nitrogen and oxygen atoms in total. The summed E-state index contributed by atoms with van der Waals surface area (Å²) in [7, 11) is -3.39. The van der Waals surface area contributed by atoms with Crippen LogP contribution in [0.5, 0.6) is 11.5 Å². The van der Waals surface area contributed by atoms with Gasteiger partial charge in [0.25, 0.3) is 0 Å². The van der Waals surface area contributed by atoms with Crippen LogP contribution in [0, 0.1) is 145 Å². The molecule has 0 N–H and O–H groups in total. The van der Waals surface area contributed by atoms with E-state index in [0.29, 0.717) is 26.5 Å². The van der Waals surface area contributed by atoms with Crippen LogP contribution in [-0.4, -0.2) is 26.6 Å². The van der Waals surface area contributed by atoms with E-state index in [-0.39, 0.29) is 5.78 Å². The molecule has 0 bridgehead atoms. The SMILES string of the molecule is Cc1ccc(-c2ccc(C)c(C)c2)cc1.Cc1ccc(C(=O)c2ccc(C)c(C)c2)cc1.Cc1ccc(C(c2ccc(C)c(C)c2)(C(F)(F)F)C(F)(F)F)cc1.Cc1ccc(C)c(C)c1.Cc1ccc(Oc2ccc(C)c(C)c2)cc1.Cc1ccc(S(=O)(=O)c2ccc(C)c(C)c2)cc1.Cc1ccc2cc(C)c(C)cc2c1. The summed E-state index contributed by atoms with van der Waals surface area (Å²) >= 11 is 0. The standard InChI is InChI=1S/C18H16F6.C16H16O.C15H16O2S.C15H16O.C15H16.C13H14.C9H12/c1-11-4-7-14(8-5-11)16(17(19,20)21,18(22,23)24)15-9-6-12(2)13(3)10-15;1-11-4-7-14(8-5-11)16(17)15-9-6-12(2)13(3)10-15;1-11-4-7-14(8-5-11)18(16,17)15-9-6-12(2)13(3)10-15;1-11-4-7-14(8-5-11)16-15-9-6-12(2)13(3)10-15;1-11-4-7-14(8-5-11)15-9-6-12(2)13(3)10-15;1-9-4-5-12-7-10(2)11(3)8-13(12)6-9;1-7-4-5-8(2)9(3)6-7/h4-10H,1-3H3;4-10H,1-3H3;4-10H,1-3H3;4-10H,1-3H3;4-10H,1-3H3;4-8H,1-3H3;4-6H,1-3H3. The Hall–Kier alpha value is -10.9. The largest absolute Gasteiger partial charge is 0.457 e. The van der Waals surface area contributed by atoms with Crippen molar-refractivity contribution in [2.45, 2.75) is 173 Å². The van der Waals surface area contributed by atoms with E-state index < -0.39 is 38.7 Å². The lowest BCUT2D eigenvalue weighted by molar-refractivity contribution is -0.288. The Morgan fingerprint density at radius 2 is 0.580 bits per heavy atom. The number of aryl methyl sites for hydroxylation is 21. The number of fused-ring (bicyclic) bond motifs is 1. The van der Waals surface area contributed by atoms with Gasteiger partial charge in [0.1, 0.15) is 11.5 Å². The molecule has 11 heteroatoms. The van der Waals surface area contributed by atoms with Crippen molar-refractivity contribution in [3.63, 3.8) is 0 Å². The Labute approximate surface area is 662 Å². The molecular weight excluding hydrogens is 1420 g/mol. The Morgan fingerprint density at radius 1 is 0.250 bits per heavy atom. The number of carbonyl (C=O) groups is 1. The zero-order chi connectivity index (χ0) is 82.7. The van der Waals surface area contributed by atoms with Crippen LogP contribution >= 0.6 is 0 Å². The van der Waals surface area contributed by atoms with Gasteiger partial charge in [-0.25, -0.2) is 8.42 Å². The van der Waals surface area contributed by atoms with Crippen LogP contribution in [-0.2, 0) is 15.3 Å². The van der Waals surface area contributed by atoms with E-state index in [9.17, 15) is 39.6 Å². The Balaban J connectivity index is 0.000000184. The highest BCUT2D eigenvalue weighted by Gasteiger charge is 2.72. The van der Waals surface area contributed by atoms with Gasteiger partial charge in [0.05, 0.1) is 9.79 Å². The van der Waals surface area contributed by atoms with Gasteiger partial charge >= 0.3 is 12.4 Å². The highest BCUT2D eigenvalue weighted by Crippen LogP contribution is 2.56. The fourth-order valence-electron chi connectivity index (χ4n) is 12.0. The lowest BCUT2D eigenvalue weighted by Gasteiger charge is -2.38. The summed E-state index contributed by atoms with van der Waals surface area (Å²) in [4.78, 5) is 12.9. The Bertz CT molecular complexity index is 5450. The highest BCUT2D eigenvalue weighted by atomic mass is 32.2. The molecule has 0 atom stereocenters. The van der Waals surface area contributed by atoms with Crippen LogP contribution < -0.4 is 4.74 Å². The first kappa shape index (κ1) is 88.3. The van der Waals surface area contributed by atoms with Crippen LogP contribution in [0.25, 0.3) is 21.9 Å². The average Bonchev–Trinajstić information content (AvgIpc) is 0.715. The van der Waals surface area contributed by atoms with Crippen LogP contribution in [0.2, 0.25) is 0 Å². The summed E-state index contributed by atoms with van der Waals surface area (Å²) in [5, 5.41) is 2.69. The highest BCUT2D eigenvalue weighted by molar-refractivity contribution is 7.91. The molecule has 0 heterocycles. The van der Waals surface area contributed by atoms with Crippen LogP contribution in [0.1, 0.15) is 144 Å². The zero-order valence-corrected chi connectivity index (χ0v) is 69.5. The van der Waals surface area contributed by atoms with Gasteiger partial charge in [0.15, 0.2) is 5.78 Å². The molecule has 0 fully saturated rings. The van der Waals surface area contributed by atoms with Gasteiger partial charge in [0.2, 0.25) is 15.3 Å². The van der Waals surface area contributed by atoms with E-state index in [4.69, 9.17) is 4.74 Å². The summed E-state index contributed by atoms with van der Waals surface area (Å²) in [5.74, 6) is 1.87. The molecule has 0 unspecified atom stereocenters. The predicted molar refractivity (Wildman–Crippen MR) is 455 cm³/mol. The molecule has 582 valence electrons. The molecular formula is C101H106F6O4S. The molecule has 0 saturated carbocycles. The number of rotatable bonds is 9. The maximum absolute atomic E-state index is 13.9. The lowest BCUT2D eigenvalue weighted by Crippen LogP contribution is -2.54. The molecule has 0 aromatic heterocycles. The number of ether oxygens (including phenoxy) is 1. The maximum atomic E-state index is 13.9. The molecule has 0 saturated heterocycles. The van der Waals surface area contributed by atoms with E-state index in [1.165, 1.54) is 125 Å². The molecule has 112 heavy (non-hydrogen) atoms. The molecule has 0 radical (unpaired) electrons. The van der Waals surface area contributed by atoms with Gasteiger partial charge in [-0.3, -0.25) is 4.79 Å². The first-order valence-electron chi connectivity index (χ1n) is 37.4. The minimum Gasteiger partial charge on any atom is -0.457 e. The van der Waals surface area contributed by atoms with E-state index in [0.717, 1.165) is 69.1 Å². The van der Waals surface area contributed by atoms with Crippen LogP contribution in [0.4, 0.5) is 26.3 Å². The number of benzene rings is 13. The zero-order valence-electron chi connectivity index (χ0n) is 68.6. The minimum atomic E-state index is -5.54. The molecule has 13 aromatic rings. The second-order valence-electron chi connectivity index (χ2n) is 29.7. The van der Waals surface area contributed by atoms with E-state index in [1.807, 2.05) is 113 Å². The fraction of sp³-hybridized carbons (Fsp3) is 0.238. The predicted octanol–water partition coefficient (Wildman–Crippen LogP) is 28.4. The van der Waals surface area contributed by atoms with E-state index >= 15 is 0 Å². The number of sulfone groups is 1. The van der Waals surface area contributed by atoms with Crippen molar-refractivity contribution in [1.82, 2.24) is 0 Å². The summed E-state index contributed by atoms with van der Waals surface area (Å²) in [6.07, 6.45) is -11.1. The molecule has 13 rings (SSSR count). The molecule has 0 spiro atoms. The van der Waals surface area contributed by atoms with Crippen molar-refractivity contribution >= 4 is 26.4 Å². The quantitative estimate of drug-likeness (QED) is 0.107. The van der Waals surface area contributed by atoms with Crippen molar-refractivity contribution in [1.29, 1.82) is 0 Å². The van der Waals surface area contributed by atoms with E-state index in [2.05, 4.69) is 205 Å².